The van der Waals surface area contributed by atoms with E-state index in [2.05, 4.69) is 11.2 Å². The molecule has 0 radical (unpaired) electrons. The Bertz CT molecular complexity index is 196. The van der Waals surface area contributed by atoms with Crippen LogP contribution < -0.4 is 0 Å². The van der Waals surface area contributed by atoms with E-state index in [1.807, 2.05) is 0 Å². The van der Waals surface area contributed by atoms with Crippen LogP contribution in [0.15, 0.2) is 0 Å². The third-order valence-corrected chi connectivity index (χ3v) is 2.47. The average Bonchev–Trinajstić information content (AvgIpc) is 2.19. The van der Waals surface area contributed by atoms with Gasteiger partial charge in [0.15, 0.2) is 0 Å². The van der Waals surface area contributed by atoms with E-state index in [0.29, 0.717) is 19.4 Å². The van der Waals surface area contributed by atoms with E-state index in [9.17, 15) is 4.21 Å². The fourth-order valence-corrected chi connectivity index (χ4v) is 1.49. The van der Waals surface area contributed by atoms with Crippen LogP contribution in [-0.4, -0.2) is 38.1 Å². The molecule has 0 fully saturated rings. The van der Waals surface area contributed by atoms with Crippen molar-refractivity contribution in [2.24, 2.45) is 0 Å². The van der Waals surface area contributed by atoms with Gasteiger partial charge in [0.25, 0.3) is 5.97 Å². The van der Waals surface area contributed by atoms with Gasteiger partial charge >= 0.3 is 0 Å². The van der Waals surface area contributed by atoms with Gasteiger partial charge in [-0.1, -0.05) is 0 Å². The molecule has 0 bridgehead atoms. The van der Waals surface area contributed by atoms with Crippen molar-refractivity contribution in [3.8, 4) is 0 Å². The van der Waals surface area contributed by atoms with Crippen LogP contribution in [0.3, 0.4) is 0 Å². The molecule has 86 valence electrons. The van der Waals surface area contributed by atoms with Crippen molar-refractivity contribution >= 4 is 20.8 Å². The Kier molecular flexibility index (Phi) is 7.61. The second-order valence-electron chi connectivity index (χ2n) is 2.46. The summed E-state index contributed by atoms with van der Waals surface area (Å²) in [7, 11) is 2.51. The molecule has 0 saturated heterocycles. The fraction of sp³-hybridized carbons (Fsp3) is 1.00. The standard InChI is InChI=1S/C7H16O5S2/c1-9-7(10-2,11-3)5-4-6-12-14(8)13/h14H,4-6H2,1-3H3. The molecule has 7 heteroatoms. The van der Waals surface area contributed by atoms with Crippen LogP contribution in [-0.2, 0) is 39.2 Å². The lowest BCUT2D eigenvalue weighted by Gasteiger charge is -2.28. The SMILES string of the molecule is COC(CCCO[SH](=O)=S)(OC)OC. The molecule has 0 rings (SSSR count). The Hall–Kier alpha value is 0.210. The first kappa shape index (κ1) is 14.2. The van der Waals surface area contributed by atoms with E-state index in [1.165, 1.54) is 21.3 Å². The molecule has 0 aliphatic rings. The zero-order valence-electron chi connectivity index (χ0n) is 8.52. The van der Waals surface area contributed by atoms with Crippen molar-refractivity contribution < 1.29 is 22.6 Å². The van der Waals surface area contributed by atoms with Crippen LogP contribution in [0.5, 0.6) is 0 Å². The molecule has 0 aromatic rings. The van der Waals surface area contributed by atoms with Gasteiger partial charge in [-0.3, -0.25) is 4.18 Å². The summed E-state index contributed by atoms with van der Waals surface area (Å²) in [6, 6.07) is 0. The summed E-state index contributed by atoms with van der Waals surface area (Å²) < 4.78 is 30.3. The Morgan fingerprint density at radius 3 is 2.07 bits per heavy atom. The quantitative estimate of drug-likeness (QED) is 0.375. The molecule has 0 saturated carbocycles. The monoisotopic (exact) mass is 244 g/mol. The zero-order chi connectivity index (χ0) is 11.0. The summed E-state index contributed by atoms with van der Waals surface area (Å²) in [5.41, 5.74) is 0. The van der Waals surface area contributed by atoms with E-state index >= 15 is 0 Å². The maximum absolute atomic E-state index is 10.4. The van der Waals surface area contributed by atoms with E-state index in [-0.39, 0.29) is 0 Å². The molecule has 1 unspecified atom stereocenters. The molecule has 14 heavy (non-hydrogen) atoms. The van der Waals surface area contributed by atoms with Gasteiger partial charge in [-0.2, -0.15) is 0 Å². The van der Waals surface area contributed by atoms with Gasteiger partial charge < -0.3 is 14.2 Å². The van der Waals surface area contributed by atoms with Crippen molar-refractivity contribution in [3.05, 3.63) is 0 Å². The van der Waals surface area contributed by atoms with E-state index in [1.54, 1.807) is 0 Å². The molecule has 0 aliphatic carbocycles. The zero-order valence-corrected chi connectivity index (χ0v) is 10.2. The highest BCUT2D eigenvalue weighted by Crippen LogP contribution is 2.18. The third-order valence-electron chi connectivity index (χ3n) is 1.76. The normalized spacial score (nSPS) is 14.2. The summed E-state index contributed by atoms with van der Waals surface area (Å²) >= 11 is 4.36. The highest BCUT2D eigenvalue weighted by Gasteiger charge is 2.28. The first-order valence-electron chi connectivity index (χ1n) is 4.03. The first-order valence-corrected chi connectivity index (χ1v) is 6.22. The molecular weight excluding hydrogens is 228 g/mol. The van der Waals surface area contributed by atoms with Crippen LogP contribution in [0.25, 0.3) is 0 Å². The van der Waals surface area contributed by atoms with Crippen molar-refractivity contribution in [2.75, 3.05) is 27.9 Å². The highest BCUT2D eigenvalue weighted by molar-refractivity contribution is 8.19. The van der Waals surface area contributed by atoms with E-state index < -0.39 is 15.6 Å². The van der Waals surface area contributed by atoms with Gasteiger partial charge in [0.05, 0.1) is 6.61 Å². The number of rotatable bonds is 8. The minimum absolute atomic E-state index is 0.302. The number of methoxy groups -OCH3 is 3. The lowest BCUT2D eigenvalue weighted by molar-refractivity contribution is -0.355. The fourth-order valence-electron chi connectivity index (χ4n) is 0.984. The van der Waals surface area contributed by atoms with Gasteiger partial charge in [0.1, 0.15) is 9.64 Å². The largest absolute Gasteiger partial charge is 0.331 e. The smallest absolute Gasteiger partial charge is 0.282 e. The second kappa shape index (κ2) is 7.49. The van der Waals surface area contributed by atoms with Gasteiger partial charge in [-0.05, 0) is 6.42 Å². The summed E-state index contributed by atoms with van der Waals surface area (Å²) in [5, 5.41) is 0. The predicted octanol–water partition coefficient (Wildman–Crippen LogP) is 0.234. The summed E-state index contributed by atoms with van der Waals surface area (Å²) in [5.74, 6) is -1.05. The molecule has 0 amide bonds. The van der Waals surface area contributed by atoms with Crippen LogP contribution in [0, 0.1) is 0 Å². The maximum atomic E-state index is 10.4. The number of thiol groups is 1. The summed E-state index contributed by atoms with van der Waals surface area (Å²) in [4.78, 5) is 0. The summed E-state index contributed by atoms with van der Waals surface area (Å²) in [6.45, 7) is 0.302. The first-order chi connectivity index (χ1) is 6.60. The van der Waals surface area contributed by atoms with Gasteiger partial charge in [0, 0.05) is 38.9 Å². The van der Waals surface area contributed by atoms with E-state index in [4.69, 9.17) is 18.4 Å². The van der Waals surface area contributed by atoms with Crippen molar-refractivity contribution in [3.63, 3.8) is 0 Å². The second-order valence-corrected chi connectivity index (χ2v) is 4.06. The molecule has 0 heterocycles. The maximum Gasteiger partial charge on any atom is 0.282 e. The van der Waals surface area contributed by atoms with Gasteiger partial charge in [-0.25, -0.2) is 4.21 Å². The average molecular weight is 244 g/mol. The Balaban J connectivity index is 3.82. The molecule has 0 aromatic heterocycles. The van der Waals surface area contributed by atoms with Crippen LogP contribution in [0.2, 0.25) is 0 Å². The van der Waals surface area contributed by atoms with Crippen LogP contribution in [0.4, 0.5) is 0 Å². The Morgan fingerprint density at radius 2 is 1.71 bits per heavy atom. The molecule has 0 N–H and O–H groups in total. The number of hydrogen-bond donors (Lipinski definition) is 1. The van der Waals surface area contributed by atoms with Crippen LogP contribution in [0.1, 0.15) is 12.8 Å². The number of hydrogen-bond acceptors (Lipinski definition) is 6. The summed E-state index contributed by atoms with van der Waals surface area (Å²) in [6.07, 6.45) is 1.07. The molecule has 0 spiro atoms. The van der Waals surface area contributed by atoms with Gasteiger partial charge in [0.2, 0.25) is 0 Å². The van der Waals surface area contributed by atoms with Gasteiger partial charge in [-0.15, -0.1) is 0 Å². The van der Waals surface area contributed by atoms with Crippen molar-refractivity contribution in [2.45, 2.75) is 18.8 Å². The molecule has 0 aliphatic heterocycles. The van der Waals surface area contributed by atoms with Crippen molar-refractivity contribution in [1.29, 1.82) is 0 Å². The highest BCUT2D eigenvalue weighted by atomic mass is 32.8. The Labute approximate surface area is 90.6 Å². The third kappa shape index (κ3) is 5.18. The minimum Gasteiger partial charge on any atom is -0.331 e. The lowest BCUT2D eigenvalue weighted by Crippen LogP contribution is -2.36. The number of ether oxygens (including phenoxy) is 3. The Morgan fingerprint density at radius 1 is 1.21 bits per heavy atom. The van der Waals surface area contributed by atoms with Crippen LogP contribution >= 0.6 is 0 Å². The molecule has 0 aromatic carbocycles. The lowest BCUT2D eigenvalue weighted by atomic mass is 10.3. The molecule has 1 atom stereocenters. The van der Waals surface area contributed by atoms with E-state index in [0.717, 1.165) is 0 Å². The minimum atomic E-state index is -1.95. The predicted molar refractivity (Wildman–Crippen MR) is 55.8 cm³/mol. The molecule has 5 nitrogen and oxygen atoms in total. The topological polar surface area (TPSA) is 54.0 Å². The molecular formula is C7H16O5S2. The van der Waals surface area contributed by atoms with Crippen molar-refractivity contribution in [1.82, 2.24) is 0 Å².